The van der Waals surface area contributed by atoms with Crippen LogP contribution >= 0.6 is 0 Å². The number of aromatic nitrogens is 4. The Kier molecular flexibility index (Phi) is 3.61. The number of halogens is 3. The molecule has 0 aliphatic heterocycles. The summed E-state index contributed by atoms with van der Waals surface area (Å²) in [6.07, 6.45) is -0.715. The molecule has 2 aliphatic carbocycles. The van der Waals surface area contributed by atoms with Gasteiger partial charge in [-0.2, -0.15) is 18.2 Å². The van der Waals surface area contributed by atoms with Crippen molar-refractivity contribution in [1.29, 1.82) is 0 Å². The van der Waals surface area contributed by atoms with Crippen LogP contribution < -0.4 is 5.73 Å². The second kappa shape index (κ2) is 5.48. The highest BCUT2D eigenvalue weighted by Gasteiger charge is 2.42. The maximum atomic E-state index is 13.3. The Morgan fingerprint density at radius 2 is 1.96 bits per heavy atom. The minimum Gasteiger partial charge on any atom is -0.339 e. The van der Waals surface area contributed by atoms with Crippen LogP contribution in [0.2, 0.25) is 0 Å². The summed E-state index contributed by atoms with van der Waals surface area (Å²) < 4.78 is 45.3. The van der Waals surface area contributed by atoms with Crippen LogP contribution in [-0.2, 0) is 24.6 Å². The number of hydrogen-bond donors (Lipinski definition) is 1. The van der Waals surface area contributed by atoms with Gasteiger partial charge in [0, 0.05) is 17.2 Å². The van der Waals surface area contributed by atoms with Gasteiger partial charge in [-0.05, 0) is 45.4 Å². The Balaban J connectivity index is 1.65. The molecule has 1 unspecified atom stereocenters. The van der Waals surface area contributed by atoms with Crippen molar-refractivity contribution in [1.82, 2.24) is 20.1 Å². The molecule has 2 heterocycles. The van der Waals surface area contributed by atoms with Crippen molar-refractivity contribution in [2.45, 2.75) is 63.1 Å². The normalized spacial score (nSPS) is 22.4. The lowest BCUT2D eigenvalue weighted by molar-refractivity contribution is -0.142. The molecule has 2 N–H and O–H groups in total. The molecule has 0 spiro atoms. The molecule has 9 heteroatoms. The van der Waals surface area contributed by atoms with E-state index in [1.807, 2.05) is 0 Å². The third kappa shape index (κ3) is 2.80. The molecule has 0 radical (unpaired) electrons. The van der Waals surface area contributed by atoms with Crippen LogP contribution in [0.15, 0.2) is 4.52 Å². The van der Waals surface area contributed by atoms with Gasteiger partial charge in [0.25, 0.3) is 0 Å². The first-order valence-corrected chi connectivity index (χ1v) is 8.33. The summed E-state index contributed by atoms with van der Waals surface area (Å²) in [5.74, 6) is 0.673. The topological polar surface area (TPSA) is 90.7 Å². The number of alkyl halides is 3. The molecule has 1 fully saturated rings. The molecular weight excluding hydrogens is 335 g/mol. The van der Waals surface area contributed by atoms with Gasteiger partial charge in [-0.15, -0.1) is 0 Å². The zero-order valence-corrected chi connectivity index (χ0v) is 13.7. The predicted octanol–water partition coefficient (Wildman–Crippen LogP) is 2.80. The summed E-state index contributed by atoms with van der Waals surface area (Å²) in [7, 11) is 0. The minimum absolute atomic E-state index is 0.139. The van der Waals surface area contributed by atoms with Crippen molar-refractivity contribution in [3.63, 3.8) is 0 Å². The zero-order chi connectivity index (χ0) is 17.8. The van der Waals surface area contributed by atoms with Gasteiger partial charge in [-0.1, -0.05) is 5.16 Å². The summed E-state index contributed by atoms with van der Waals surface area (Å²) >= 11 is 0. The quantitative estimate of drug-likeness (QED) is 0.893. The summed E-state index contributed by atoms with van der Waals surface area (Å²) in [6, 6.07) is 0. The lowest BCUT2D eigenvalue weighted by Gasteiger charge is -2.34. The van der Waals surface area contributed by atoms with Crippen LogP contribution in [0.3, 0.4) is 0 Å². The van der Waals surface area contributed by atoms with Gasteiger partial charge >= 0.3 is 6.18 Å². The molecule has 0 bridgehead atoms. The maximum Gasteiger partial charge on any atom is 0.433 e. The summed E-state index contributed by atoms with van der Waals surface area (Å²) in [5.41, 5.74) is 5.39. The van der Waals surface area contributed by atoms with E-state index in [4.69, 9.17) is 10.3 Å². The summed E-state index contributed by atoms with van der Waals surface area (Å²) in [4.78, 5) is 12.2. The Labute approximate surface area is 142 Å². The van der Waals surface area contributed by atoms with E-state index >= 15 is 0 Å². The summed E-state index contributed by atoms with van der Waals surface area (Å²) in [5, 5.41) is 3.96. The first-order chi connectivity index (χ1) is 11.8. The minimum atomic E-state index is -4.51. The van der Waals surface area contributed by atoms with Crippen LogP contribution in [0.5, 0.6) is 0 Å². The molecule has 6 nitrogen and oxygen atoms in total. The second-order valence-corrected chi connectivity index (χ2v) is 6.95. The van der Waals surface area contributed by atoms with Crippen molar-refractivity contribution in [3.05, 3.63) is 34.5 Å². The molecule has 1 atom stereocenters. The van der Waals surface area contributed by atoms with E-state index in [2.05, 4.69) is 20.1 Å². The van der Waals surface area contributed by atoms with E-state index in [0.717, 1.165) is 19.3 Å². The lowest BCUT2D eigenvalue weighted by atomic mass is 9.77. The molecule has 0 saturated heterocycles. The fraction of sp³-hybridized carbons (Fsp3) is 0.625. The Morgan fingerprint density at radius 3 is 2.60 bits per heavy atom. The van der Waals surface area contributed by atoms with Crippen molar-refractivity contribution in [2.75, 3.05) is 0 Å². The average molecular weight is 353 g/mol. The van der Waals surface area contributed by atoms with Gasteiger partial charge in [-0.3, -0.25) is 0 Å². The number of fused-ring (bicyclic) bond motifs is 1. The van der Waals surface area contributed by atoms with E-state index in [1.54, 1.807) is 0 Å². The van der Waals surface area contributed by atoms with E-state index in [0.29, 0.717) is 30.3 Å². The molecule has 2 aromatic rings. The first-order valence-electron chi connectivity index (χ1n) is 8.33. The van der Waals surface area contributed by atoms with Gasteiger partial charge < -0.3 is 10.3 Å². The second-order valence-electron chi connectivity index (χ2n) is 6.95. The van der Waals surface area contributed by atoms with Gasteiger partial charge in [0.2, 0.25) is 5.89 Å². The standard InChI is InChI=1S/C16H18F3N5O/c1-8-21-11-4-3-9(7-10(11)12(22-8)16(17,18)19)13-23-14(24-25-13)15(20)5-2-6-15/h9H,2-7,20H2,1H3. The van der Waals surface area contributed by atoms with Crippen LogP contribution in [0.1, 0.15) is 66.1 Å². The number of aryl methyl sites for hydroxylation is 2. The monoisotopic (exact) mass is 353 g/mol. The van der Waals surface area contributed by atoms with Crippen molar-refractivity contribution in [2.24, 2.45) is 5.73 Å². The van der Waals surface area contributed by atoms with Crippen molar-refractivity contribution >= 4 is 0 Å². The van der Waals surface area contributed by atoms with Gasteiger partial charge in [-0.25, -0.2) is 9.97 Å². The number of nitrogens with zero attached hydrogens (tertiary/aromatic N) is 4. The number of rotatable bonds is 2. The smallest absolute Gasteiger partial charge is 0.339 e. The molecule has 0 amide bonds. The average Bonchev–Trinajstić information content (AvgIpc) is 3.00. The lowest BCUT2D eigenvalue weighted by Crippen LogP contribution is -2.44. The Hall–Kier alpha value is -2.03. The highest BCUT2D eigenvalue weighted by molar-refractivity contribution is 5.32. The number of nitrogens with two attached hydrogens (primary N) is 1. The molecule has 25 heavy (non-hydrogen) atoms. The molecule has 2 aliphatic rings. The third-order valence-corrected chi connectivity index (χ3v) is 5.14. The zero-order valence-electron chi connectivity index (χ0n) is 13.7. The first kappa shape index (κ1) is 16.4. The molecule has 0 aromatic carbocycles. The third-order valence-electron chi connectivity index (χ3n) is 5.14. The Bertz CT molecular complexity index is 813. The van der Waals surface area contributed by atoms with E-state index in [9.17, 15) is 13.2 Å². The molecule has 4 rings (SSSR count). The van der Waals surface area contributed by atoms with Gasteiger partial charge in [0.05, 0.1) is 5.54 Å². The van der Waals surface area contributed by atoms with Crippen molar-refractivity contribution in [3.8, 4) is 0 Å². The molecule has 134 valence electrons. The number of hydrogen-bond acceptors (Lipinski definition) is 6. The largest absolute Gasteiger partial charge is 0.433 e. The fourth-order valence-electron chi connectivity index (χ4n) is 3.56. The van der Waals surface area contributed by atoms with Crippen LogP contribution in [0, 0.1) is 6.92 Å². The fourth-order valence-corrected chi connectivity index (χ4v) is 3.56. The van der Waals surface area contributed by atoms with E-state index in [-0.39, 0.29) is 23.7 Å². The highest BCUT2D eigenvalue weighted by atomic mass is 19.4. The molecule has 2 aromatic heterocycles. The maximum absolute atomic E-state index is 13.3. The van der Waals surface area contributed by atoms with E-state index < -0.39 is 17.4 Å². The van der Waals surface area contributed by atoms with Crippen LogP contribution in [-0.4, -0.2) is 20.1 Å². The Morgan fingerprint density at radius 1 is 1.20 bits per heavy atom. The van der Waals surface area contributed by atoms with Gasteiger partial charge in [0.1, 0.15) is 5.82 Å². The summed E-state index contributed by atoms with van der Waals surface area (Å²) in [6.45, 7) is 1.48. The molecule has 1 saturated carbocycles. The predicted molar refractivity (Wildman–Crippen MR) is 80.6 cm³/mol. The molecular formula is C16H18F3N5O. The van der Waals surface area contributed by atoms with Crippen LogP contribution in [0.4, 0.5) is 13.2 Å². The van der Waals surface area contributed by atoms with Crippen molar-refractivity contribution < 1.29 is 17.7 Å². The SMILES string of the molecule is Cc1nc2c(c(C(F)(F)F)n1)CC(c1nc(C3(N)CCC3)no1)CC2. The highest BCUT2D eigenvalue weighted by Crippen LogP contribution is 2.40. The van der Waals surface area contributed by atoms with Gasteiger partial charge in [0.15, 0.2) is 11.5 Å². The van der Waals surface area contributed by atoms with E-state index in [1.165, 1.54) is 6.92 Å². The van der Waals surface area contributed by atoms with Crippen LogP contribution in [0.25, 0.3) is 0 Å².